The van der Waals surface area contributed by atoms with Gasteiger partial charge in [0.15, 0.2) is 0 Å². The first-order valence-corrected chi connectivity index (χ1v) is 7.66. The molecule has 0 radical (unpaired) electrons. The molecule has 0 spiro atoms. The summed E-state index contributed by atoms with van der Waals surface area (Å²) >= 11 is 0. The fourth-order valence-corrected chi connectivity index (χ4v) is 2.96. The minimum Gasteiger partial charge on any atom is -0.339 e. The number of carbonyl (C=O) groups is 1. The van der Waals surface area contributed by atoms with Gasteiger partial charge in [0.1, 0.15) is 5.82 Å². The van der Waals surface area contributed by atoms with Crippen molar-refractivity contribution in [3.63, 3.8) is 0 Å². The summed E-state index contributed by atoms with van der Waals surface area (Å²) < 4.78 is 0. The van der Waals surface area contributed by atoms with Crippen molar-refractivity contribution in [1.29, 1.82) is 0 Å². The molecule has 1 fully saturated rings. The first-order chi connectivity index (χ1) is 10.8. The Hall–Kier alpha value is -2.62. The van der Waals surface area contributed by atoms with Crippen LogP contribution in [-0.4, -0.2) is 33.9 Å². The summed E-state index contributed by atoms with van der Waals surface area (Å²) in [5.41, 5.74) is 3.72. The number of aromatic nitrogens is 2. The van der Waals surface area contributed by atoms with Crippen LogP contribution in [0.5, 0.6) is 0 Å². The number of rotatable bonds is 2. The van der Waals surface area contributed by atoms with Crippen molar-refractivity contribution in [2.45, 2.75) is 12.8 Å². The quantitative estimate of drug-likeness (QED) is 0.786. The topological polar surface area (TPSA) is 49.0 Å². The number of benzene rings is 2. The lowest BCUT2D eigenvalue weighted by Crippen LogP contribution is -2.27. The summed E-state index contributed by atoms with van der Waals surface area (Å²) in [5.74, 6) is 0.968. The summed E-state index contributed by atoms with van der Waals surface area (Å²) in [6, 6.07) is 15.7. The van der Waals surface area contributed by atoms with Gasteiger partial charge in [-0.2, -0.15) is 0 Å². The highest BCUT2D eigenvalue weighted by Crippen LogP contribution is 2.21. The number of imidazole rings is 1. The number of fused-ring (bicyclic) bond motifs is 1. The molecule has 1 aliphatic heterocycles. The maximum Gasteiger partial charge on any atom is 0.253 e. The van der Waals surface area contributed by atoms with Crippen molar-refractivity contribution in [1.82, 2.24) is 14.9 Å². The van der Waals surface area contributed by atoms with Gasteiger partial charge in [0.25, 0.3) is 5.91 Å². The number of hydrogen-bond acceptors (Lipinski definition) is 2. The number of hydrogen-bond donors (Lipinski definition) is 1. The van der Waals surface area contributed by atoms with Crippen LogP contribution < -0.4 is 0 Å². The van der Waals surface area contributed by atoms with Gasteiger partial charge < -0.3 is 9.88 Å². The Morgan fingerprint density at radius 1 is 1.00 bits per heavy atom. The number of likely N-dealkylation sites (tertiary alicyclic amines) is 1. The molecule has 0 atom stereocenters. The second kappa shape index (κ2) is 5.30. The second-order valence-corrected chi connectivity index (χ2v) is 5.68. The number of nitrogens with one attached hydrogen (secondary N) is 1. The Kier molecular flexibility index (Phi) is 3.15. The monoisotopic (exact) mass is 291 g/mol. The maximum absolute atomic E-state index is 12.3. The minimum atomic E-state index is 0.133. The van der Waals surface area contributed by atoms with Crippen LogP contribution in [0.4, 0.5) is 0 Å². The van der Waals surface area contributed by atoms with Crippen molar-refractivity contribution in [3.8, 4) is 11.4 Å². The average molecular weight is 291 g/mol. The van der Waals surface area contributed by atoms with Crippen LogP contribution in [0.15, 0.2) is 48.5 Å². The lowest BCUT2D eigenvalue weighted by molar-refractivity contribution is 0.0793. The molecule has 3 aromatic rings. The highest BCUT2D eigenvalue weighted by Gasteiger charge is 2.19. The smallest absolute Gasteiger partial charge is 0.253 e. The molecular formula is C18H17N3O. The molecule has 0 aliphatic carbocycles. The highest BCUT2D eigenvalue weighted by molar-refractivity contribution is 5.94. The minimum absolute atomic E-state index is 0.133. The summed E-state index contributed by atoms with van der Waals surface area (Å²) in [7, 11) is 0. The SMILES string of the molecule is O=C(c1ccc(-c2nc3ccccc3[nH]2)cc1)N1CCCC1. The Balaban J connectivity index is 1.62. The van der Waals surface area contributed by atoms with Crippen molar-refractivity contribution >= 4 is 16.9 Å². The number of aromatic amines is 1. The van der Waals surface area contributed by atoms with E-state index in [2.05, 4.69) is 9.97 Å². The van der Waals surface area contributed by atoms with Crippen LogP contribution in [0.1, 0.15) is 23.2 Å². The Morgan fingerprint density at radius 3 is 2.45 bits per heavy atom. The zero-order valence-corrected chi connectivity index (χ0v) is 12.2. The summed E-state index contributed by atoms with van der Waals surface area (Å²) in [5, 5.41) is 0. The molecule has 0 bridgehead atoms. The van der Waals surface area contributed by atoms with Crippen LogP contribution in [0.3, 0.4) is 0 Å². The summed E-state index contributed by atoms with van der Waals surface area (Å²) in [6.07, 6.45) is 2.23. The van der Waals surface area contributed by atoms with Crippen molar-refractivity contribution < 1.29 is 4.79 Å². The largest absolute Gasteiger partial charge is 0.339 e. The number of nitrogens with zero attached hydrogens (tertiary/aromatic N) is 2. The van der Waals surface area contributed by atoms with Gasteiger partial charge >= 0.3 is 0 Å². The summed E-state index contributed by atoms with van der Waals surface area (Å²) in [4.78, 5) is 22.2. The zero-order valence-electron chi connectivity index (χ0n) is 12.2. The van der Waals surface area contributed by atoms with E-state index in [4.69, 9.17) is 0 Å². The van der Waals surface area contributed by atoms with Gasteiger partial charge in [-0.05, 0) is 37.1 Å². The Morgan fingerprint density at radius 2 is 1.73 bits per heavy atom. The molecule has 2 aromatic carbocycles. The van der Waals surface area contributed by atoms with Crippen LogP contribution in [0.2, 0.25) is 0 Å². The normalized spacial score (nSPS) is 14.6. The number of carbonyl (C=O) groups excluding carboxylic acids is 1. The van der Waals surface area contributed by atoms with Gasteiger partial charge in [0.2, 0.25) is 0 Å². The van der Waals surface area contributed by atoms with Crippen LogP contribution >= 0.6 is 0 Å². The molecular weight excluding hydrogens is 274 g/mol. The van der Waals surface area contributed by atoms with Crippen molar-refractivity contribution in [2.75, 3.05) is 13.1 Å². The number of amides is 1. The van der Waals surface area contributed by atoms with E-state index in [9.17, 15) is 4.79 Å². The Bertz CT molecular complexity index is 781. The number of H-pyrrole nitrogens is 1. The van der Waals surface area contributed by atoms with E-state index < -0.39 is 0 Å². The average Bonchev–Trinajstić information content (AvgIpc) is 3.23. The molecule has 2 heterocycles. The molecule has 0 unspecified atom stereocenters. The van der Waals surface area contributed by atoms with Crippen LogP contribution in [0, 0.1) is 0 Å². The van der Waals surface area contributed by atoms with E-state index in [1.54, 1.807) is 0 Å². The molecule has 22 heavy (non-hydrogen) atoms. The highest BCUT2D eigenvalue weighted by atomic mass is 16.2. The lowest BCUT2D eigenvalue weighted by Gasteiger charge is -2.15. The molecule has 4 nitrogen and oxygen atoms in total. The third-order valence-electron chi connectivity index (χ3n) is 4.19. The lowest BCUT2D eigenvalue weighted by atomic mass is 10.1. The van der Waals surface area contributed by atoms with Gasteiger partial charge in [-0.25, -0.2) is 4.98 Å². The van der Waals surface area contributed by atoms with Crippen molar-refractivity contribution in [3.05, 3.63) is 54.1 Å². The standard InChI is InChI=1S/C18H17N3O/c22-18(21-11-3-4-12-21)14-9-7-13(8-10-14)17-19-15-5-1-2-6-16(15)20-17/h1-2,5-10H,3-4,11-12H2,(H,19,20). The third-order valence-corrected chi connectivity index (χ3v) is 4.19. The molecule has 110 valence electrons. The number of para-hydroxylation sites is 2. The van der Waals surface area contributed by atoms with Crippen molar-refractivity contribution in [2.24, 2.45) is 0 Å². The first kappa shape index (κ1) is 13.1. The van der Waals surface area contributed by atoms with Crippen LogP contribution in [-0.2, 0) is 0 Å². The van der Waals surface area contributed by atoms with Gasteiger partial charge in [0, 0.05) is 24.2 Å². The molecule has 1 aliphatic rings. The molecule has 1 saturated heterocycles. The predicted molar refractivity (Wildman–Crippen MR) is 86.7 cm³/mol. The van der Waals surface area contributed by atoms with Gasteiger partial charge in [-0.3, -0.25) is 4.79 Å². The molecule has 0 saturated carbocycles. The van der Waals surface area contributed by atoms with E-state index in [1.165, 1.54) is 0 Å². The molecule has 4 rings (SSSR count). The fraction of sp³-hybridized carbons (Fsp3) is 0.222. The van der Waals surface area contributed by atoms with E-state index in [0.29, 0.717) is 0 Å². The summed E-state index contributed by atoms with van der Waals surface area (Å²) in [6.45, 7) is 1.76. The fourth-order valence-electron chi connectivity index (χ4n) is 2.96. The molecule has 1 aromatic heterocycles. The van der Waals surface area contributed by atoms with Gasteiger partial charge in [-0.1, -0.05) is 24.3 Å². The Labute approximate surface area is 128 Å². The zero-order chi connectivity index (χ0) is 14.9. The predicted octanol–water partition coefficient (Wildman–Crippen LogP) is 3.47. The third kappa shape index (κ3) is 2.26. The molecule has 4 heteroatoms. The van der Waals surface area contributed by atoms with E-state index in [-0.39, 0.29) is 5.91 Å². The maximum atomic E-state index is 12.3. The first-order valence-electron chi connectivity index (χ1n) is 7.66. The molecule has 1 amide bonds. The van der Waals surface area contributed by atoms with Gasteiger partial charge in [-0.15, -0.1) is 0 Å². The van der Waals surface area contributed by atoms with E-state index >= 15 is 0 Å². The second-order valence-electron chi connectivity index (χ2n) is 5.68. The molecule has 1 N–H and O–H groups in total. The van der Waals surface area contributed by atoms with E-state index in [1.807, 2.05) is 53.4 Å². The van der Waals surface area contributed by atoms with Crippen LogP contribution in [0.25, 0.3) is 22.4 Å². The van der Waals surface area contributed by atoms with Gasteiger partial charge in [0.05, 0.1) is 11.0 Å². The van der Waals surface area contributed by atoms with E-state index in [0.717, 1.165) is 53.9 Å².